The van der Waals surface area contributed by atoms with Crippen molar-refractivity contribution in [2.24, 2.45) is 0 Å². The Hall–Kier alpha value is -3.20. The largest absolute Gasteiger partial charge is 0.457 e. The summed E-state index contributed by atoms with van der Waals surface area (Å²) in [5.41, 5.74) is -0.343. The predicted octanol–water partition coefficient (Wildman–Crippen LogP) is 6.01. The third kappa shape index (κ3) is 6.89. The second kappa shape index (κ2) is 10.6. The summed E-state index contributed by atoms with van der Waals surface area (Å²) in [5.74, 6) is 0.400. The third-order valence-corrected chi connectivity index (χ3v) is 4.94. The number of ether oxygens (including phenoxy) is 1. The van der Waals surface area contributed by atoms with Crippen LogP contribution in [0.4, 0.5) is 22.0 Å². The van der Waals surface area contributed by atoms with Crippen LogP contribution in [-0.2, 0) is 6.18 Å². The van der Waals surface area contributed by atoms with Crippen molar-refractivity contribution in [3.05, 3.63) is 71.8 Å². The number of carbonyl (C=O) groups is 1. The Morgan fingerprint density at radius 3 is 2.42 bits per heavy atom. The first-order valence-corrected chi connectivity index (χ1v) is 10.3. The second-order valence-corrected chi connectivity index (χ2v) is 7.57. The van der Waals surface area contributed by atoms with Gasteiger partial charge in [-0.25, -0.2) is 8.78 Å². The lowest BCUT2D eigenvalue weighted by Gasteiger charge is -2.15. The number of halogens is 5. The Bertz CT molecular complexity index is 1080. The molecule has 3 rings (SSSR count). The fraction of sp³-hybridized carbons (Fsp3) is 0.292. The van der Waals surface area contributed by atoms with E-state index < -0.39 is 18.2 Å². The first kappa shape index (κ1) is 24.4. The van der Waals surface area contributed by atoms with E-state index >= 15 is 0 Å². The number of nitrogens with one attached hydrogen (secondary N) is 2. The molecule has 0 radical (unpaired) electrons. The van der Waals surface area contributed by atoms with Gasteiger partial charge in [-0.1, -0.05) is 12.1 Å². The fourth-order valence-corrected chi connectivity index (χ4v) is 3.23. The molecule has 0 bridgehead atoms. The van der Waals surface area contributed by atoms with Crippen LogP contribution in [0.25, 0.3) is 10.8 Å². The van der Waals surface area contributed by atoms with Crippen LogP contribution >= 0.6 is 0 Å². The molecular formula is C24H23F5N2O2. The molecule has 33 heavy (non-hydrogen) atoms. The molecule has 0 heterocycles. The lowest BCUT2D eigenvalue weighted by atomic mass is 10.1. The monoisotopic (exact) mass is 466 g/mol. The molecule has 0 aliphatic heterocycles. The van der Waals surface area contributed by atoms with E-state index in [2.05, 4.69) is 10.6 Å². The molecule has 0 unspecified atom stereocenters. The molecule has 0 spiro atoms. The zero-order chi connectivity index (χ0) is 24.0. The smallest absolute Gasteiger partial charge is 0.416 e. The van der Waals surface area contributed by atoms with Gasteiger partial charge < -0.3 is 15.4 Å². The van der Waals surface area contributed by atoms with Gasteiger partial charge in [0.1, 0.15) is 11.5 Å². The fourth-order valence-electron chi connectivity index (χ4n) is 3.23. The number of benzene rings is 3. The molecule has 0 aliphatic carbocycles. The zero-order valence-electron chi connectivity index (χ0n) is 17.8. The summed E-state index contributed by atoms with van der Waals surface area (Å²) in [4.78, 5) is 12.6. The minimum Gasteiger partial charge on any atom is -0.457 e. The van der Waals surface area contributed by atoms with Gasteiger partial charge in [-0.15, -0.1) is 0 Å². The number of fused-ring (bicyclic) bond motifs is 1. The van der Waals surface area contributed by atoms with Crippen LogP contribution in [0.3, 0.4) is 0 Å². The Balaban J connectivity index is 1.67. The van der Waals surface area contributed by atoms with Gasteiger partial charge in [-0.05, 0) is 73.8 Å². The van der Waals surface area contributed by atoms with Crippen molar-refractivity contribution in [3.63, 3.8) is 0 Å². The normalized spacial score (nSPS) is 12.7. The molecule has 0 fully saturated rings. The van der Waals surface area contributed by atoms with E-state index in [1.54, 1.807) is 43.3 Å². The Kier molecular flexibility index (Phi) is 7.86. The van der Waals surface area contributed by atoms with E-state index in [9.17, 15) is 26.7 Å². The van der Waals surface area contributed by atoms with Crippen LogP contribution in [0, 0.1) is 0 Å². The first-order valence-electron chi connectivity index (χ1n) is 10.3. The minimum atomic E-state index is -4.42. The minimum absolute atomic E-state index is 0.215. The third-order valence-electron chi connectivity index (χ3n) is 4.94. The number of carbonyl (C=O) groups excluding carboxylic acids is 1. The second-order valence-electron chi connectivity index (χ2n) is 7.57. The van der Waals surface area contributed by atoms with Crippen molar-refractivity contribution in [3.8, 4) is 11.5 Å². The van der Waals surface area contributed by atoms with E-state index in [4.69, 9.17) is 4.74 Å². The summed E-state index contributed by atoms with van der Waals surface area (Å²) in [6, 6.07) is 14.4. The number of rotatable bonds is 9. The topological polar surface area (TPSA) is 50.4 Å². The van der Waals surface area contributed by atoms with Gasteiger partial charge in [-0.2, -0.15) is 13.2 Å². The molecule has 9 heteroatoms. The highest BCUT2D eigenvalue weighted by Crippen LogP contribution is 2.33. The zero-order valence-corrected chi connectivity index (χ0v) is 17.8. The quantitative estimate of drug-likeness (QED) is 0.300. The van der Waals surface area contributed by atoms with Gasteiger partial charge in [0, 0.05) is 17.0 Å². The Labute approximate surface area is 187 Å². The number of hydrogen-bond acceptors (Lipinski definition) is 3. The lowest BCUT2D eigenvalue weighted by Crippen LogP contribution is -2.35. The number of amides is 1. The van der Waals surface area contributed by atoms with Crippen molar-refractivity contribution in [2.75, 3.05) is 13.1 Å². The highest BCUT2D eigenvalue weighted by molar-refractivity contribution is 6.00. The Morgan fingerprint density at radius 1 is 1.03 bits per heavy atom. The molecule has 0 aliphatic rings. The molecule has 0 saturated carbocycles. The van der Waals surface area contributed by atoms with Crippen molar-refractivity contribution in [2.45, 2.75) is 32.0 Å². The van der Waals surface area contributed by atoms with Crippen LogP contribution in [0.5, 0.6) is 11.5 Å². The van der Waals surface area contributed by atoms with Gasteiger partial charge in [0.05, 0.1) is 12.1 Å². The molecule has 0 aromatic heterocycles. The maximum absolute atomic E-state index is 12.7. The SMILES string of the molecule is C[C@H](CCNCC(F)F)NC(=O)c1ccc2c(Oc3ccc(C(F)(F)F)cc3)cccc2c1. The number of alkyl halides is 5. The van der Waals surface area contributed by atoms with Gasteiger partial charge in [0.2, 0.25) is 0 Å². The van der Waals surface area contributed by atoms with Crippen LogP contribution < -0.4 is 15.4 Å². The molecule has 176 valence electrons. The van der Waals surface area contributed by atoms with Crippen LogP contribution in [0.2, 0.25) is 0 Å². The summed E-state index contributed by atoms with van der Waals surface area (Å²) in [6.07, 6.45) is -6.34. The van der Waals surface area contributed by atoms with Gasteiger partial charge in [0.15, 0.2) is 0 Å². The van der Waals surface area contributed by atoms with E-state index in [1.807, 2.05) is 0 Å². The van der Waals surface area contributed by atoms with Crippen molar-refractivity contribution in [1.82, 2.24) is 10.6 Å². The van der Waals surface area contributed by atoms with E-state index in [-0.39, 0.29) is 24.2 Å². The summed E-state index contributed by atoms with van der Waals surface area (Å²) in [7, 11) is 0. The van der Waals surface area contributed by atoms with Gasteiger partial charge >= 0.3 is 6.18 Å². The van der Waals surface area contributed by atoms with Gasteiger partial charge in [-0.3, -0.25) is 4.79 Å². The molecule has 1 amide bonds. The maximum atomic E-state index is 12.7. The molecule has 1 atom stereocenters. The standard InChI is InChI=1S/C24H23F5N2O2/c1-15(11-12-30-14-22(25)26)31-23(32)17-5-10-20-16(13-17)3-2-4-21(20)33-19-8-6-18(7-9-19)24(27,28)29/h2-10,13,15,22,30H,11-12,14H2,1H3,(H,31,32)/t15-/m1/s1. The van der Waals surface area contributed by atoms with Crippen LogP contribution in [-0.4, -0.2) is 31.5 Å². The van der Waals surface area contributed by atoms with Crippen LogP contribution in [0.15, 0.2) is 60.7 Å². The van der Waals surface area contributed by atoms with Crippen LogP contribution in [0.1, 0.15) is 29.3 Å². The lowest BCUT2D eigenvalue weighted by molar-refractivity contribution is -0.137. The molecule has 4 nitrogen and oxygen atoms in total. The summed E-state index contributed by atoms with van der Waals surface area (Å²) < 4.78 is 68.3. The Morgan fingerprint density at radius 2 is 1.76 bits per heavy atom. The number of hydrogen-bond donors (Lipinski definition) is 2. The van der Waals surface area contributed by atoms with E-state index in [1.165, 1.54) is 12.1 Å². The van der Waals surface area contributed by atoms with Crippen molar-refractivity contribution < 1.29 is 31.5 Å². The molecule has 3 aromatic carbocycles. The van der Waals surface area contributed by atoms with Gasteiger partial charge in [0.25, 0.3) is 12.3 Å². The first-order chi connectivity index (χ1) is 15.6. The average Bonchev–Trinajstić information content (AvgIpc) is 2.76. The molecule has 3 aromatic rings. The van der Waals surface area contributed by atoms with E-state index in [0.717, 1.165) is 17.5 Å². The highest BCUT2D eigenvalue weighted by atomic mass is 19.4. The summed E-state index contributed by atoms with van der Waals surface area (Å²) >= 11 is 0. The summed E-state index contributed by atoms with van der Waals surface area (Å²) in [6.45, 7) is 1.76. The van der Waals surface area contributed by atoms with E-state index in [0.29, 0.717) is 29.7 Å². The van der Waals surface area contributed by atoms with Crippen molar-refractivity contribution >= 4 is 16.7 Å². The predicted molar refractivity (Wildman–Crippen MR) is 116 cm³/mol. The molecular weight excluding hydrogens is 443 g/mol. The maximum Gasteiger partial charge on any atom is 0.416 e. The average molecular weight is 466 g/mol. The highest BCUT2D eigenvalue weighted by Gasteiger charge is 2.30. The summed E-state index contributed by atoms with van der Waals surface area (Å²) in [5, 5.41) is 6.86. The molecule has 2 N–H and O–H groups in total. The molecule has 0 saturated heterocycles. The van der Waals surface area contributed by atoms with Crippen molar-refractivity contribution in [1.29, 1.82) is 0 Å².